The first-order chi connectivity index (χ1) is 13.2. The molecule has 0 unspecified atom stereocenters. The van der Waals surface area contributed by atoms with Gasteiger partial charge in [-0.3, -0.25) is 4.79 Å². The van der Waals surface area contributed by atoms with Gasteiger partial charge in [-0.15, -0.1) is 0 Å². The van der Waals surface area contributed by atoms with E-state index >= 15 is 0 Å². The van der Waals surface area contributed by atoms with Crippen LogP contribution in [0.3, 0.4) is 0 Å². The zero-order chi connectivity index (χ0) is 20.3. The maximum Gasteiger partial charge on any atom is 0.410 e. The van der Waals surface area contributed by atoms with E-state index in [0.29, 0.717) is 42.5 Å². The highest BCUT2D eigenvalue weighted by molar-refractivity contribution is 7.15. The van der Waals surface area contributed by atoms with Gasteiger partial charge in [0.05, 0.1) is 12.2 Å². The Morgan fingerprint density at radius 1 is 1.36 bits per heavy atom. The fraction of sp³-hybridized carbons (Fsp3) is 0.450. The van der Waals surface area contributed by atoms with E-state index in [1.807, 2.05) is 45.0 Å². The van der Waals surface area contributed by atoms with E-state index < -0.39 is 5.60 Å². The predicted octanol–water partition coefficient (Wildman–Crippen LogP) is 4.66. The maximum absolute atomic E-state index is 12.3. The molecule has 1 aromatic heterocycles. The minimum Gasteiger partial charge on any atom is -0.444 e. The van der Waals surface area contributed by atoms with Crippen LogP contribution in [-0.4, -0.2) is 34.0 Å². The quantitative estimate of drug-likeness (QED) is 0.779. The van der Waals surface area contributed by atoms with Crippen LogP contribution in [0.5, 0.6) is 0 Å². The molecule has 1 aromatic carbocycles. The van der Waals surface area contributed by atoms with Crippen molar-refractivity contribution in [2.24, 2.45) is 0 Å². The van der Waals surface area contributed by atoms with E-state index in [-0.39, 0.29) is 12.0 Å². The molecule has 3 rings (SSSR count). The first-order valence-electron chi connectivity index (χ1n) is 9.20. The summed E-state index contributed by atoms with van der Waals surface area (Å²) >= 11 is 7.38. The van der Waals surface area contributed by atoms with E-state index in [9.17, 15) is 9.59 Å². The zero-order valence-corrected chi connectivity index (χ0v) is 17.8. The number of rotatable bonds is 4. The van der Waals surface area contributed by atoms with Gasteiger partial charge in [-0.1, -0.05) is 35.1 Å². The number of halogens is 1. The second-order valence-electron chi connectivity index (χ2n) is 7.72. The number of aromatic nitrogens is 1. The molecule has 0 atom stereocenters. The minimum absolute atomic E-state index is 0.0879. The normalized spacial score (nSPS) is 13.8. The number of hydrogen-bond donors (Lipinski definition) is 1. The molecule has 0 aliphatic carbocycles. The van der Waals surface area contributed by atoms with Gasteiger partial charge in [-0.2, -0.15) is 0 Å². The molecular formula is C20H24ClN3O3S. The molecule has 0 saturated heterocycles. The van der Waals surface area contributed by atoms with Crippen molar-refractivity contribution in [3.63, 3.8) is 0 Å². The SMILES string of the molecule is CC(C)(C)OC(=O)N1CCc2nc(NC(=O)CCc3cccc(Cl)c3)sc2C1. The largest absolute Gasteiger partial charge is 0.444 e. The molecule has 28 heavy (non-hydrogen) atoms. The number of carbonyl (C=O) groups is 2. The smallest absolute Gasteiger partial charge is 0.410 e. The van der Waals surface area contributed by atoms with Crippen LogP contribution in [0.1, 0.15) is 43.3 Å². The summed E-state index contributed by atoms with van der Waals surface area (Å²) in [7, 11) is 0. The average Bonchev–Trinajstić information content (AvgIpc) is 2.99. The zero-order valence-electron chi connectivity index (χ0n) is 16.3. The Morgan fingerprint density at radius 3 is 2.86 bits per heavy atom. The molecule has 6 nitrogen and oxygen atoms in total. The molecule has 0 radical (unpaired) electrons. The molecule has 1 aliphatic rings. The van der Waals surface area contributed by atoms with Crippen LogP contribution < -0.4 is 5.32 Å². The summed E-state index contributed by atoms with van der Waals surface area (Å²) in [6.45, 7) is 6.58. The molecule has 0 fully saturated rings. The Balaban J connectivity index is 1.55. The van der Waals surface area contributed by atoms with Gasteiger partial charge in [0.2, 0.25) is 5.91 Å². The van der Waals surface area contributed by atoms with Crippen molar-refractivity contribution in [3.8, 4) is 0 Å². The van der Waals surface area contributed by atoms with Crippen molar-refractivity contribution >= 4 is 40.1 Å². The van der Waals surface area contributed by atoms with Crippen LogP contribution in [0.25, 0.3) is 0 Å². The summed E-state index contributed by atoms with van der Waals surface area (Å²) in [5.41, 5.74) is 1.44. The monoisotopic (exact) mass is 421 g/mol. The lowest BCUT2D eigenvalue weighted by atomic mass is 10.1. The minimum atomic E-state index is -0.521. The number of aryl methyl sites for hydroxylation is 1. The summed E-state index contributed by atoms with van der Waals surface area (Å²) in [5, 5.41) is 4.11. The van der Waals surface area contributed by atoms with Crippen LogP contribution in [0.4, 0.5) is 9.93 Å². The number of thiazole rings is 1. The second-order valence-corrected chi connectivity index (χ2v) is 9.24. The molecule has 2 heterocycles. The highest BCUT2D eigenvalue weighted by Gasteiger charge is 2.28. The second kappa shape index (κ2) is 8.49. The standard InChI is InChI=1S/C20H24ClN3O3S/c1-20(2,3)27-19(26)24-10-9-15-16(12-24)28-18(22-15)23-17(25)8-7-13-5-4-6-14(21)11-13/h4-6,11H,7-10,12H2,1-3H3,(H,22,23,25). The summed E-state index contributed by atoms with van der Waals surface area (Å²) in [5.74, 6) is -0.0879. The van der Waals surface area contributed by atoms with Crippen LogP contribution in [-0.2, 0) is 28.9 Å². The predicted molar refractivity (Wildman–Crippen MR) is 111 cm³/mol. The Morgan fingerprint density at radius 2 is 2.14 bits per heavy atom. The number of ether oxygens (including phenoxy) is 1. The highest BCUT2D eigenvalue weighted by atomic mass is 35.5. The number of benzene rings is 1. The number of amides is 2. The molecule has 2 aromatic rings. The molecule has 0 bridgehead atoms. The first-order valence-corrected chi connectivity index (χ1v) is 10.4. The van der Waals surface area contributed by atoms with Crippen molar-refractivity contribution in [1.29, 1.82) is 0 Å². The maximum atomic E-state index is 12.3. The Hall–Kier alpha value is -2.12. The van der Waals surface area contributed by atoms with Gasteiger partial charge in [0, 0.05) is 29.3 Å². The van der Waals surface area contributed by atoms with Gasteiger partial charge < -0.3 is 15.0 Å². The Labute approximate surface area is 173 Å². The molecule has 0 saturated carbocycles. The average molecular weight is 422 g/mol. The fourth-order valence-electron chi connectivity index (χ4n) is 2.86. The molecular weight excluding hydrogens is 398 g/mol. The number of nitrogens with zero attached hydrogens (tertiary/aromatic N) is 2. The van der Waals surface area contributed by atoms with Gasteiger partial charge in [0.25, 0.3) is 0 Å². The molecule has 1 N–H and O–H groups in total. The molecule has 1 aliphatic heterocycles. The summed E-state index contributed by atoms with van der Waals surface area (Å²) in [6, 6.07) is 7.50. The van der Waals surface area contributed by atoms with Crippen molar-refractivity contribution in [1.82, 2.24) is 9.88 Å². The van der Waals surface area contributed by atoms with Crippen molar-refractivity contribution in [3.05, 3.63) is 45.4 Å². The third-order valence-electron chi connectivity index (χ3n) is 4.16. The van der Waals surface area contributed by atoms with E-state index in [0.717, 1.165) is 16.1 Å². The third-order valence-corrected chi connectivity index (χ3v) is 5.39. The molecule has 2 amide bonds. The van der Waals surface area contributed by atoms with Crippen molar-refractivity contribution < 1.29 is 14.3 Å². The Bertz CT molecular complexity index is 876. The Kier molecular flexibility index (Phi) is 6.25. The number of nitrogens with one attached hydrogen (secondary N) is 1. The van der Waals surface area contributed by atoms with Crippen LogP contribution >= 0.6 is 22.9 Å². The van der Waals surface area contributed by atoms with E-state index in [1.54, 1.807) is 4.90 Å². The van der Waals surface area contributed by atoms with E-state index in [4.69, 9.17) is 16.3 Å². The number of anilines is 1. The lowest BCUT2D eigenvalue weighted by Crippen LogP contribution is -2.39. The lowest BCUT2D eigenvalue weighted by molar-refractivity contribution is -0.116. The van der Waals surface area contributed by atoms with Gasteiger partial charge in [-0.05, 0) is 44.9 Å². The molecule has 0 spiro atoms. The summed E-state index contributed by atoms with van der Waals surface area (Å²) < 4.78 is 5.44. The first kappa shape index (κ1) is 20.6. The molecule has 8 heteroatoms. The molecule has 150 valence electrons. The van der Waals surface area contributed by atoms with Crippen LogP contribution in [0, 0.1) is 0 Å². The summed E-state index contributed by atoms with van der Waals surface area (Å²) in [6.07, 6.45) is 1.31. The third kappa shape index (κ3) is 5.69. The van der Waals surface area contributed by atoms with Crippen LogP contribution in [0.2, 0.25) is 5.02 Å². The van der Waals surface area contributed by atoms with Gasteiger partial charge >= 0.3 is 6.09 Å². The fourth-order valence-corrected chi connectivity index (χ4v) is 4.12. The van der Waals surface area contributed by atoms with Gasteiger partial charge in [-0.25, -0.2) is 9.78 Å². The number of fused-ring (bicyclic) bond motifs is 1. The topological polar surface area (TPSA) is 71.5 Å². The van der Waals surface area contributed by atoms with E-state index in [2.05, 4.69) is 10.3 Å². The van der Waals surface area contributed by atoms with E-state index in [1.165, 1.54) is 11.3 Å². The van der Waals surface area contributed by atoms with Crippen LogP contribution in [0.15, 0.2) is 24.3 Å². The van der Waals surface area contributed by atoms with Crippen molar-refractivity contribution in [2.75, 3.05) is 11.9 Å². The van der Waals surface area contributed by atoms with Crippen molar-refractivity contribution in [2.45, 2.75) is 52.2 Å². The number of hydrogen-bond acceptors (Lipinski definition) is 5. The number of carbonyl (C=O) groups excluding carboxylic acids is 2. The van der Waals surface area contributed by atoms with Gasteiger partial charge in [0.1, 0.15) is 5.60 Å². The van der Waals surface area contributed by atoms with Gasteiger partial charge in [0.15, 0.2) is 5.13 Å². The lowest BCUT2D eigenvalue weighted by Gasteiger charge is -2.29. The summed E-state index contributed by atoms with van der Waals surface area (Å²) in [4.78, 5) is 31.7. The highest BCUT2D eigenvalue weighted by Crippen LogP contribution is 2.29.